The summed E-state index contributed by atoms with van der Waals surface area (Å²) in [5, 5.41) is 11.3. The molecule has 0 atom stereocenters. The number of aryl methyl sites for hydroxylation is 16. The lowest BCUT2D eigenvalue weighted by Gasteiger charge is -1.97. The topological polar surface area (TPSA) is 52.6 Å². The molecule has 24 heteroatoms. The maximum absolute atomic E-state index is 14.0. The van der Waals surface area contributed by atoms with Crippen molar-refractivity contribution in [3.63, 3.8) is 0 Å². The lowest BCUT2D eigenvalue weighted by Crippen LogP contribution is -1.81. The molecule has 0 bridgehead atoms. The molecule has 8 aromatic heterocycles. The second kappa shape index (κ2) is 36.9. The van der Waals surface area contributed by atoms with Crippen LogP contribution in [0.2, 0.25) is 0 Å². The molecule has 0 unspecified atom stereocenters. The molecular weight excluding hydrogens is 1840 g/mol. The molecule has 16 aromatic carbocycles. The van der Waals surface area contributed by atoms with Crippen LogP contribution in [0.25, 0.3) is 168 Å². The summed E-state index contributed by atoms with van der Waals surface area (Å²) in [6.45, 7) is 27.0. The summed E-state index contributed by atoms with van der Waals surface area (Å²) in [4.78, 5) is 0. The third kappa shape index (κ3) is 16.5. The van der Waals surface area contributed by atoms with Crippen molar-refractivity contribution >= 4 is 214 Å². The van der Waals surface area contributed by atoms with E-state index in [1.807, 2.05) is 48.5 Å². The van der Waals surface area contributed by atoms with Gasteiger partial charge >= 0.3 is 0 Å². The summed E-state index contributed by atoms with van der Waals surface area (Å²) in [6, 6.07) is 56.2. The summed E-state index contributed by atoms with van der Waals surface area (Å²) in [6.07, 6.45) is 0. The normalized spacial score (nSPS) is 11.5. The van der Waals surface area contributed by atoms with E-state index in [1.54, 1.807) is 256 Å². The number of furan rings is 4. The van der Waals surface area contributed by atoms with Crippen LogP contribution in [0.1, 0.15) is 89.0 Å². The number of rotatable bonds is 0. The van der Waals surface area contributed by atoms with Crippen molar-refractivity contribution in [1.82, 2.24) is 0 Å². The minimum atomic E-state index is -0.421. The van der Waals surface area contributed by atoms with Crippen molar-refractivity contribution in [2.75, 3.05) is 0 Å². The van der Waals surface area contributed by atoms with Gasteiger partial charge in [-0.2, -0.15) is 0 Å². The molecule has 8 heterocycles. The Balaban J connectivity index is 0.000000108. The van der Waals surface area contributed by atoms with Crippen molar-refractivity contribution in [2.45, 2.75) is 111 Å². The van der Waals surface area contributed by atoms with Gasteiger partial charge in [-0.15, -0.1) is 45.3 Å². The minimum absolute atomic E-state index is 0.129. The molecule has 4 nitrogen and oxygen atoms in total. The summed E-state index contributed by atoms with van der Waals surface area (Å²) >= 11 is 4.77. The first-order valence-electron chi connectivity index (χ1n) is 42.9. The molecule has 0 fully saturated rings. The van der Waals surface area contributed by atoms with Gasteiger partial charge in [0.15, 0.2) is 91.2 Å². The van der Waals surface area contributed by atoms with Crippen molar-refractivity contribution in [2.24, 2.45) is 0 Å². The van der Waals surface area contributed by atoms with Gasteiger partial charge < -0.3 is 17.7 Å². The van der Waals surface area contributed by atoms with Crippen LogP contribution in [0.3, 0.4) is 0 Å². The van der Waals surface area contributed by atoms with Gasteiger partial charge in [0.1, 0.15) is 46.5 Å². The Labute approximate surface area is 783 Å². The summed E-state index contributed by atoms with van der Waals surface area (Å²) in [7, 11) is 0. The fourth-order valence-corrected chi connectivity index (χ4v) is 21.4. The van der Waals surface area contributed by atoms with E-state index < -0.39 is 46.5 Å². The number of hydrogen-bond donors (Lipinski definition) is 0. The molecule has 0 aliphatic heterocycles. The van der Waals surface area contributed by atoms with E-state index in [9.17, 15) is 70.2 Å². The van der Waals surface area contributed by atoms with Gasteiger partial charge in [-0.25, -0.2) is 70.2 Å². The quantitative estimate of drug-likeness (QED) is 0.142. The molecule has 0 saturated carbocycles. The molecule has 0 aliphatic carbocycles. The molecule has 0 N–H and O–H groups in total. The van der Waals surface area contributed by atoms with Gasteiger partial charge in [0.05, 0.1) is 37.6 Å². The summed E-state index contributed by atoms with van der Waals surface area (Å²) in [5.41, 5.74) is 9.77. The van der Waals surface area contributed by atoms with Crippen LogP contribution < -0.4 is 0 Å². The smallest absolute Gasteiger partial charge is 0.171 e. The van der Waals surface area contributed by atoms with Crippen LogP contribution in [0.5, 0.6) is 0 Å². The maximum Gasteiger partial charge on any atom is 0.171 e. The number of hydrogen-bond acceptors (Lipinski definition) is 8. The zero-order valence-corrected chi connectivity index (χ0v) is 79.1. The van der Waals surface area contributed by atoms with E-state index in [0.717, 1.165) is 43.1 Å². The standard InChI is InChI=1S/4C14H10F2O.4C14H10F2S/c8*1-7-3-5-9-10-6-4-8(2)12(16)14(10)17-13(9)11(7)15/h8*3-6H,1-2H3. The first kappa shape index (κ1) is 94.3. The highest BCUT2D eigenvalue weighted by molar-refractivity contribution is 7.27. The average Bonchev–Trinajstić information content (AvgIpc) is 1.67. The van der Waals surface area contributed by atoms with Crippen molar-refractivity contribution in [3.8, 4) is 0 Å². The maximum atomic E-state index is 14.0. The van der Waals surface area contributed by atoms with Gasteiger partial charge in [-0.3, -0.25) is 0 Å². The van der Waals surface area contributed by atoms with Crippen LogP contribution in [0.15, 0.2) is 212 Å². The van der Waals surface area contributed by atoms with Gasteiger partial charge in [0.25, 0.3) is 0 Å². The SMILES string of the molecule is Cc1ccc2c(oc3c(F)c(C)ccc32)c1F.Cc1ccc2c(oc3c(F)c(C)ccc32)c1F.Cc1ccc2c(oc3c(F)c(C)ccc32)c1F.Cc1ccc2c(oc3c(F)c(C)ccc32)c1F.Cc1ccc2c(sc3c(F)c(C)ccc32)c1F.Cc1ccc2c(sc3c(F)c(C)ccc32)c1F.Cc1ccc2c(sc3c(F)c(C)ccc32)c1F.Cc1ccc2c(sc3c(F)c(C)ccc32)c1F. The molecule has 0 radical (unpaired) electrons. The van der Waals surface area contributed by atoms with E-state index in [1.165, 1.54) is 45.3 Å². The van der Waals surface area contributed by atoms with Crippen LogP contribution in [-0.2, 0) is 0 Å². The Hall–Kier alpha value is -13.5. The first-order valence-corrected chi connectivity index (χ1v) is 46.1. The Kier molecular flexibility index (Phi) is 25.6. The zero-order chi connectivity index (χ0) is 97.2. The minimum Gasteiger partial charge on any atom is -0.450 e. The Morgan fingerprint density at radius 3 is 0.294 bits per heavy atom. The average molecular weight is 1920 g/mol. The van der Waals surface area contributed by atoms with Gasteiger partial charge in [0.2, 0.25) is 0 Å². The van der Waals surface area contributed by atoms with Crippen molar-refractivity contribution < 1.29 is 87.9 Å². The van der Waals surface area contributed by atoms with Crippen molar-refractivity contribution in [1.29, 1.82) is 0 Å². The molecule has 0 amide bonds. The summed E-state index contributed by atoms with van der Waals surface area (Å²) in [5.74, 6) is -5.25. The van der Waals surface area contributed by atoms with Gasteiger partial charge in [-0.05, 0) is 200 Å². The molecule has 0 saturated heterocycles. The van der Waals surface area contributed by atoms with Gasteiger partial charge in [-0.1, -0.05) is 194 Å². The van der Waals surface area contributed by atoms with E-state index in [4.69, 9.17) is 17.7 Å². The van der Waals surface area contributed by atoms with E-state index in [2.05, 4.69) is 0 Å². The molecule has 136 heavy (non-hydrogen) atoms. The number of fused-ring (bicyclic) bond motifs is 24. The molecule has 0 spiro atoms. The Morgan fingerprint density at radius 1 is 0.118 bits per heavy atom. The third-order valence-corrected chi connectivity index (χ3v) is 29.4. The number of benzene rings is 16. The largest absolute Gasteiger partial charge is 0.450 e. The monoisotopic (exact) mass is 1920 g/mol. The van der Waals surface area contributed by atoms with Crippen molar-refractivity contribution in [3.05, 3.63) is 376 Å². The van der Waals surface area contributed by atoms with E-state index in [-0.39, 0.29) is 91.2 Å². The molecule has 24 aromatic rings. The predicted octanol–water partition coefficient (Wildman–Crippen LogP) is 37.7. The Bertz CT molecular complexity index is 6990. The second-order valence-electron chi connectivity index (χ2n) is 34.0. The first-order chi connectivity index (χ1) is 64.7. The highest BCUT2D eigenvalue weighted by Gasteiger charge is 2.25. The third-order valence-electron chi connectivity index (χ3n) is 24.6. The fraction of sp³-hybridized carbons (Fsp3) is 0.143. The molecule has 24 rings (SSSR count). The lowest BCUT2D eigenvalue weighted by molar-refractivity contribution is 0.551. The van der Waals surface area contributed by atoms with Gasteiger partial charge in [0, 0.05) is 86.2 Å². The number of halogens is 16. The second-order valence-corrected chi connectivity index (χ2v) is 38.1. The predicted molar refractivity (Wildman–Crippen MR) is 527 cm³/mol. The molecular formula is C112H80F16O4S4. The molecule has 0 aliphatic rings. The molecule has 688 valence electrons. The van der Waals surface area contributed by atoms with E-state index >= 15 is 0 Å². The van der Waals surface area contributed by atoms with E-state index in [0.29, 0.717) is 170 Å². The van der Waals surface area contributed by atoms with Crippen LogP contribution in [-0.4, -0.2) is 0 Å². The number of thiophene rings is 4. The highest BCUT2D eigenvalue weighted by Crippen LogP contribution is 2.46. The van der Waals surface area contributed by atoms with Crippen LogP contribution >= 0.6 is 45.3 Å². The van der Waals surface area contributed by atoms with Crippen LogP contribution in [0, 0.1) is 204 Å². The highest BCUT2D eigenvalue weighted by atomic mass is 32.1. The summed E-state index contributed by atoms with van der Waals surface area (Å²) < 4.78 is 248. The van der Waals surface area contributed by atoms with Crippen LogP contribution in [0.4, 0.5) is 70.2 Å². The zero-order valence-electron chi connectivity index (χ0n) is 75.8. The lowest BCUT2D eigenvalue weighted by atomic mass is 10.1. The fourth-order valence-electron chi connectivity index (χ4n) is 16.3. The Morgan fingerprint density at radius 2 is 0.199 bits per heavy atom.